The van der Waals surface area contributed by atoms with E-state index in [1.54, 1.807) is 0 Å². The minimum Gasteiger partial charge on any atom is -0.326 e. The molecule has 0 spiro atoms. The number of nitrogens with two attached hydrogens (primary N) is 1. The summed E-state index contributed by atoms with van der Waals surface area (Å²) >= 11 is 0. The Labute approximate surface area is 97.4 Å². The van der Waals surface area contributed by atoms with E-state index in [4.69, 9.17) is 5.73 Å². The summed E-state index contributed by atoms with van der Waals surface area (Å²) in [7, 11) is 1.96. The predicted molar refractivity (Wildman–Crippen MR) is 65.0 cm³/mol. The molecule has 1 aliphatic rings. The molecule has 90 valence electrons. The number of hydrogen-bond donors (Lipinski definition) is 1. The molecule has 0 bridgehead atoms. The topological polar surface area (TPSA) is 47.1 Å². The molecule has 2 unspecified atom stereocenters. The van der Waals surface area contributed by atoms with Crippen molar-refractivity contribution in [3.05, 3.63) is 18.0 Å². The number of nitrogens with zero attached hydrogens (tertiary/aromatic N) is 3. The minimum absolute atomic E-state index is 0.236. The molecule has 1 aromatic rings. The Morgan fingerprint density at radius 1 is 1.50 bits per heavy atom. The molecule has 4 heteroatoms. The highest BCUT2D eigenvalue weighted by atomic mass is 15.3. The quantitative estimate of drug-likeness (QED) is 0.820. The van der Waals surface area contributed by atoms with E-state index in [2.05, 4.69) is 30.0 Å². The van der Waals surface area contributed by atoms with Crippen molar-refractivity contribution in [1.29, 1.82) is 0 Å². The number of piperidine rings is 1. The summed E-state index contributed by atoms with van der Waals surface area (Å²) in [6.45, 7) is 5.62. The number of aromatic nitrogens is 2. The third kappa shape index (κ3) is 2.13. The highest BCUT2D eigenvalue weighted by Crippen LogP contribution is 2.31. The van der Waals surface area contributed by atoms with Gasteiger partial charge in [0.25, 0.3) is 0 Å². The van der Waals surface area contributed by atoms with Gasteiger partial charge in [0.15, 0.2) is 0 Å². The summed E-state index contributed by atoms with van der Waals surface area (Å²) in [5.41, 5.74) is 7.52. The van der Waals surface area contributed by atoms with Crippen LogP contribution in [0.1, 0.15) is 38.3 Å². The Balaban J connectivity index is 2.26. The van der Waals surface area contributed by atoms with Crippen molar-refractivity contribution in [1.82, 2.24) is 14.7 Å². The van der Waals surface area contributed by atoms with E-state index in [0.29, 0.717) is 12.1 Å². The van der Waals surface area contributed by atoms with Crippen LogP contribution in [-0.4, -0.2) is 33.3 Å². The van der Waals surface area contributed by atoms with Gasteiger partial charge < -0.3 is 5.73 Å². The molecular formula is C12H22N4. The van der Waals surface area contributed by atoms with Crippen LogP contribution in [0, 0.1) is 0 Å². The maximum Gasteiger partial charge on any atom is 0.0538 e. The van der Waals surface area contributed by atoms with Crippen molar-refractivity contribution in [2.24, 2.45) is 12.8 Å². The molecule has 0 aromatic carbocycles. The van der Waals surface area contributed by atoms with Crippen molar-refractivity contribution in [3.63, 3.8) is 0 Å². The molecule has 1 aliphatic heterocycles. The van der Waals surface area contributed by atoms with Gasteiger partial charge in [-0.15, -0.1) is 0 Å². The Morgan fingerprint density at radius 2 is 2.25 bits per heavy atom. The molecule has 2 heterocycles. The molecule has 1 aromatic heterocycles. The van der Waals surface area contributed by atoms with Crippen molar-refractivity contribution in [3.8, 4) is 0 Å². The fourth-order valence-corrected chi connectivity index (χ4v) is 2.66. The van der Waals surface area contributed by atoms with Crippen LogP contribution in [0.5, 0.6) is 0 Å². The molecular weight excluding hydrogens is 200 g/mol. The lowest BCUT2D eigenvalue weighted by molar-refractivity contribution is 0.0947. The molecule has 16 heavy (non-hydrogen) atoms. The van der Waals surface area contributed by atoms with Crippen molar-refractivity contribution in [2.45, 2.75) is 44.8 Å². The van der Waals surface area contributed by atoms with Gasteiger partial charge in [-0.25, -0.2) is 0 Å². The summed E-state index contributed by atoms with van der Waals surface area (Å²) in [5, 5.41) is 4.25. The fraction of sp³-hybridized carbons (Fsp3) is 0.750. The number of likely N-dealkylation sites (tertiary alicyclic amines) is 1. The van der Waals surface area contributed by atoms with E-state index >= 15 is 0 Å². The molecule has 0 radical (unpaired) electrons. The first kappa shape index (κ1) is 11.6. The molecule has 2 N–H and O–H groups in total. The Bertz CT molecular complexity index is 345. The van der Waals surface area contributed by atoms with Crippen LogP contribution in [-0.2, 0) is 7.05 Å². The Hall–Kier alpha value is -0.870. The number of hydrogen-bond acceptors (Lipinski definition) is 3. The van der Waals surface area contributed by atoms with Gasteiger partial charge in [-0.1, -0.05) is 0 Å². The predicted octanol–water partition coefficient (Wildman–Crippen LogP) is 1.29. The van der Waals surface area contributed by atoms with E-state index in [-0.39, 0.29) is 6.04 Å². The van der Waals surface area contributed by atoms with Gasteiger partial charge in [0.1, 0.15) is 0 Å². The Morgan fingerprint density at radius 3 is 2.81 bits per heavy atom. The van der Waals surface area contributed by atoms with Gasteiger partial charge in [0.05, 0.1) is 12.2 Å². The van der Waals surface area contributed by atoms with E-state index in [1.165, 1.54) is 12.0 Å². The Kier molecular flexibility index (Phi) is 3.30. The monoisotopic (exact) mass is 222 g/mol. The van der Waals surface area contributed by atoms with Crippen LogP contribution < -0.4 is 5.73 Å². The highest BCUT2D eigenvalue weighted by Gasteiger charge is 2.32. The maximum absolute atomic E-state index is 6.27. The second-order valence-electron chi connectivity index (χ2n) is 5.03. The van der Waals surface area contributed by atoms with Gasteiger partial charge in [0.2, 0.25) is 0 Å². The van der Waals surface area contributed by atoms with Crippen LogP contribution in [0.4, 0.5) is 0 Å². The second-order valence-corrected chi connectivity index (χ2v) is 5.03. The summed E-state index contributed by atoms with van der Waals surface area (Å²) in [4.78, 5) is 2.49. The molecule has 0 amide bonds. The first-order valence-electron chi connectivity index (χ1n) is 6.09. The average molecular weight is 222 g/mol. The van der Waals surface area contributed by atoms with E-state index in [1.807, 2.05) is 17.9 Å². The van der Waals surface area contributed by atoms with Gasteiger partial charge >= 0.3 is 0 Å². The van der Waals surface area contributed by atoms with Gasteiger partial charge in [0, 0.05) is 30.9 Å². The average Bonchev–Trinajstić information content (AvgIpc) is 2.64. The van der Waals surface area contributed by atoms with Crippen molar-refractivity contribution >= 4 is 0 Å². The fourth-order valence-electron chi connectivity index (χ4n) is 2.66. The number of rotatable bonds is 2. The van der Waals surface area contributed by atoms with Crippen LogP contribution in [0.25, 0.3) is 0 Å². The van der Waals surface area contributed by atoms with Crippen molar-refractivity contribution < 1.29 is 0 Å². The van der Waals surface area contributed by atoms with E-state index in [0.717, 1.165) is 13.0 Å². The summed E-state index contributed by atoms with van der Waals surface area (Å²) in [5.74, 6) is 0. The van der Waals surface area contributed by atoms with Crippen LogP contribution in [0.2, 0.25) is 0 Å². The first-order valence-corrected chi connectivity index (χ1v) is 6.09. The molecule has 2 rings (SSSR count). The van der Waals surface area contributed by atoms with Gasteiger partial charge in [-0.2, -0.15) is 5.10 Å². The lowest BCUT2D eigenvalue weighted by Crippen LogP contribution is -2.48. The third-order valence-corrected chi connectivity index (χ3v) is 3.45. The molecule has 4 nitrogen and oxygen atoms in total. The lowest BCUT2D eigenvalue weighted by Gasteiger charge is -2.41. The molecule has 1 fully saturated rings. The van der Waals surface area contributed by atoms with Crippen molar-refractivity contribution in [2.75, 3.05) is 6.54 Å². The summed E-state index contributed by atoms with van der Waals surface area (Å²) < 4.78 is 1.86. The van der Waals surface area contributed by atoms with E-state index in [9.17, 15) is 0 Å². The first-order chi connectivity index (χ1) is 7.59. The smallest absolute Gasteiger partial charge is 0.0538 e. The third-order valence-electron chi connectivity index (χ3n) is 3.45. The number of aryl methyl sites for hydroxylation is 1. The lowest BCUT2D eigenvalue weighted by atomic mass is 9.91. The normalized spacial score (nSPS) is 27.6. The standard InChI is InChI=1S/C12H22N4/c1-9(2)16-6-4-5-11(13)12(16)10-7-14-15(3)8-10/h7-9,11-12H,4-6,13H2,1-3H3. The van der Waals surface area contributed by atoms with Crippen LogP contribution in [0.15, 0.2) is 12.4 Å². The summed E-state index contributed by atoms with van der Waals surface area (Å²) in [6.07, 6.45) is 6.36. The molecule has 2 atom stereocenters. The molecule has 1 saturated heterocycles. The van der Waals surface area contributed by atoms with Crippen LogP contribution in [0.3, 0.4) is 0 Å². The largest absolute Gasteiger partial charge is 0.326 e. The zero-order valence-electron chi connectivity index (χ0n) is 10.4. The molecule has 0 aliphatic carbocycles. The van der Waals surface area contributed by atoms with Gasteiger partial charge in [-0.3, -0.25) is 9.58 Å². The molecule has 0 saturated carbocycles. The maximum atomic E-state index is 6.27. The SMILES string of the molecule is CC(C)N1CCCC(N)C1c1cnn(C)c1. The summed E-state index contributed by atoms with van der Waals surface area (Å²) in [6, 6.07) is 1.11. The minimum atomic E-state index is 0.236. The highest BCUT2D eigenvalue weighted by molar-refractivity contribution is 5.15. The van der Waals surface area contributed by atoms with Gasteiger partial charge in [-0.05, 0) is 33.2 Å². The van der Waals surface area contributed by atoms with E-state index < -0.39 is 0 Å². The second kappa shape index (κ2) is 4.55. The zero-order chi connectivity index (χ0) is 11.7. The zero-order valence-corrected chi connectivity index (χ0v) is 10.4. The van der Waals surface area contributed by atoms with Crippen LogP contribution >= 0.6 is 0 Å².